The van der Waals surface area contributed by atoms with E-state index in [2.05, 4.69) is 4.98 Å². The van der Waals surface area contributed by atoms with E-state index in [1.54, 1.807) is 6.26 Å². The molecule has 2 aromatic rings. The number of aromatic hydroxyl groups is 1. The molecule has 0 amide bonds. The van der Waals surface area contributed by atoms with Gasteiger partial charge in [0.2, 0.25) is 5.12 Å². The fourth-order valence-corrected chi connectivity index (χ4v) is 3.17. The number of nitrogens with one attached hydrogen (secondary N) is 1. The Hall–Kier alpha value is -1.82. The maximum Gasteiger partial charge on any atom is 0.235 e. The highest BCUT2D eigenvalue weighted by Gasteiger charge is 2.28. The van der Waals surface area contributed by atoms with Gasteiger partial charge in [0.15, 0.2) is 11.5 Å². The number of thioether (sulfide) groups is 1. The lowest BCUT2D eigenvalue weighted by atomic mass is 10.1. The molecule has 1 aromatic carbocycles. The number of hydrogen-bond donors (Lipinski definition) is 2. The first-order valence-corrected chi connectivity index (χ1v) is 7.55. The van der Waals surface area contributed by atoms with Crippen molar-refractivity contribution in [3.8, 4) is 11.5 Å². The fourth-order valence-electron chi connectivity index (χ4n) is 2.84. The van der Waals surface area contributed by atoms with Gasteiger partial charge in [0.25, 0.3) is 0 Å². The second kappa shape index (κ2) is 4.63. The summed E-state index contributed by atoms with van der Waals surface area (Å²) in [5, 5.41) is 11.3. The van der Waals surface area contributed by atoms with E-state index in [4.69, 9.17) is 4.74 Å². The average Bonchev–Trinajstić information content (AvgIpc) is 3.02. The summed E-state index contributed by atoms with van der Waals surface area (Å²) in [6, 6.07) is 1.86. The molecule has 1 aliphatic rings. The van der Waals surface area contributed by atoms with Gasteiger partial charge in [-0.2, -0.15) is 0 Å². The zero-order valence-electron chi connectivity index (χ0n) is 11.6. The minimum atomic E-state index is -0.0251. The molecule has 2 heterocycles. The predicted octanol–water partition coefficient (Wildman–Crippen LogP) is 2.38. The van der Waals surface area contributed by atoms with Crippen molar-refractivity contribution in [1.82, 2.24) is 4.98 Å². The van der Waals surface area contributed by atoms with Crippen molar-refractivity contribution in [3.63, 3.8) is 0 Å². The van der Waals surface area contributed by atoms with E-state index < -0.39 is 0 Å². The topological polar surface area (TPSA) is 65.6 Å². The molecule has 0 bridgehead atoms. The van der Waals surface area contributed by atoms with Gasteiger partial charge in [0.1, 0.15) is 0 Å². The quantitative estimate of drug-likeness (QED) is 0.889. The van der Waals surface area contributed by atoms with E-state index in [1.165, 1.54) is 7.11 Å². The molecule has 0 aliphatic carbocycles. The van der Waals surface area contributed by atoms with Crippen molar-refractivity contribution < 1.29 is 14.6 Å². The summed E-state index contributed by atoms with van der Waals surface area (Å²) in [7, 11) is 3.46. The van der Waals surface area contributed by atoms with E-state index in [0.717, 1.165) is 41.4 Å². The van der Waals surface area contributed by atoms with Crippen molar-refractivity contribution >= 4 is 33.5 Å². The fraction of sp³-hybridized carbons (Fsp3) is 0.357. The minimum Gasteiger partial charge on any atom is -0.503 e. The van der Waals surface area contributed by atoms with Crippen LogP contribution in [0, 0.1) is 0 Å². The molecular weight excluding hydrogens is 276 g/mol. The third-order valence-corrected chi connectivity index (χ3v) is 4.37. The Kier molecular flexibility index (Phi) is 3.05. The number of phenols is 1. The van der Waals surface area contributed by atoms with Crippen LogP contribution in [0.1, 0.15) is 16.1 Å². The van der Waals surface area contributed by atoms with Crippen LogP contribution in [-0.4, -0.2) is 42.2 Å². The zero-order valence-corrected chi connectivity index (χ0v) is 12.4. The van der Waals surface area contributed by atoms with Gasteiger partial charge in [-0.25, -0.2) is 0 Å². The van der Waals surface area contributed by atoms with Gasteiger partial charge in [-0.05, 0) is 24.3 Å². The van der Waals surface area contributed by atoms with Crippen LogP contribution in [-0.2, 0) is 6.42 Å². The Morgan fingerprint density at radius 2 is 2.30 bits per heavy atom. The largest absolute Gasteiger partial charge is 0.503 e. The maximum absolute atomic E-state index is 11.9. The summed E-state index contributed by atoms with van der Waals surface area (Å²) < 4.78 is 5.33. The Morgan fingerprint density at radius 1 is 1.55 bits per heavy atom. The molecule has 0 fully saturated rings. The molecule has 3 rings (SSSR count). The molecule has 1 aliphatic heterocycles. The molecule has 106 valence electrons. The summed E-state index contributed by atoms with van der Waals surface area (Å²) in [6.45, 7) is 0.849. The number of aromatic amines is 1. The van der Waals surface area contributed by atoms with Gasteiger partial charge in [-0.3, -0.25) is 4.79 Å². The van der Waals surface area contributed by atoms with Crippen molar-refractivity contribution in [2.24, 2.45) is 0 Å². The molecular formula is C14H16N2O3S. The van der Waals surface area contributed by atoms with Crippen molar-refractivity contribution in [2.45, 2.75) is 6.42 Å². The Labute approximate surface area is 120 Å². The molecule has 0 spiro atoms. The van der Waals surface area contributed by atoms with Crippen molar-refractivity contribution in [2.75, 3.05) is 31.9 Å². The minimum absolute atomic E-state index is 0.0251. The highest BCUT2D eigenvalue weighted by atomic mass is 32.2. The molecule has 1 aromatic heterocycles. The van der Waals surface area contributed by atoms with Crippen LogP contribution in [0.2, 0.25) is 0 Å². The van der Waals surface area contributed by atoms with Crippen LogP contribution >= 0.6 is 11.8 Å². The van der Waals surface area contributed by atoms with Crippen LogP contribution in [0.15, 0.2) is 6.07 Å². The number of carbonyl (C=O) groups is 1. The van der Waals surface area contributed by atoms with Gasteiger partial charge in [0.05, 0.1) is 24.0 Å². The normalized spacial score (nSPS) is 13.8. The molecule has 0 atom stereocenters. The van der Waals surface area contributed by atoms with Crippen molar-refractivity contribution in [1.29, 1.82) is 0 Å². The number of hydrogen-bond acceptors (Lipinski definition) is 5. The standard InChI is InChI=1S/C14H16N2O3S/c1-16-5-4-7-8-6-9(14(18)20-3)15-10(8)13(19-2)12(17)11(7)16/h6,15,17H,4-5H2,1-3H3. The van der Waals surface area contributed by atoms with Gasteiger partial charge >= 0.3 is 0 Å². The molecule has 0 radical (unpaired) electrons. The summed E-state index contributed by atoms with van der Waals surface area (Å²) in [4.78, 5) is 16.9. The third-order valence-electron chi connectivity index (χ3n) is 3.78. The average molecular weight is 292 g/mol. The Balaban J connectivity index is 2.35. The summed E-state index contributed by atoms with van der Waals surface area (Å²) in [6.07, 6.45) is 2.60. The van der Waals surface area contributed by atoms with Crippen LogP contribution in [0.5, 0.6) is 11.5 Å². The van der Waals surface area contributed by atoms with Gasteiger partial charge in [-0.15, -0.1) is 0 Å². The maximum atomic E-state index is 11.9. The van der Waals surface area contributed by atoms with Gasteiger partial charge < -0.3 is 19.7 Å². The molecule has 5 nitrogen and oxygen atoms in total. The molecule has 0 saturated heterocycles. The number of rotatable bonds is 2. The lowest BCUT2D eigenvalue weighted by Gasteiger charge is -2.16. The first kappa shape index (κ1) is 13.2. The Bertz CT molecular complexity index is 708. The number of H-pyrrole nitrogens is 1. The summed E-state index contributed by atoms with van der Waals surface area (Å²) in [5.41, 5.74) is 3.10. The molecule has 0 saturated carbocycles. The molecule has 6 heteroatoms. The summed E-state index contributed by atoms with van der Waals surface area (Å²) in [5.74, 6) is 0.535. The first-order valence-electron chi connectivity index (χ1n) is 6.32. The number of methoxy groups -OCH3 is 1. The summed E-state index contributed by atoms with van der Waals surface area (Å²) >= 11 is 1.16. The lowest BCUT2D eigenvalue weighted by Crippen LogP contribution is -2.12. The van der Waals surface area contributed by atoms with E-state index in [1.807, 2.05) is 18.0 Å². The van der Waals surface area contributed by atoms with E-state index >= 15 is 0 Å². The second-order valence-corrected chi connectivity index (χ2v) is 5.62. The smallest absolute Gasteiger partial charge is 0.235 e. The molecule has 0 unspecified atom stereocenters. The highest BCUT2D eigenvalue weighted by Crippen LogP contribution is 2.48. The Morgan fingerprint density at radius 3 is 2.95 bits per heavy atom. The van der Waals surface area contributed by atoms with E-state index in [0.29, 0.717) is 17.0 Å². The van der Waals surface area contributed by atoms with E-state index in [-0.39, 0.29) is 10.9 Å². The molecule has 2 N–H and O–H groups in total. The highest BCUT2D eigenvalue weighted by molar-refractivity contribution is 8.13. The number of nitrogens with zero attached hydrogens (tertiary/aromatic N) is 1. The zero-order chi connectivity index (χ0) is 14.4. The van der Waals surface area contributed by atoms with E-state index in [9.17, 15) is 9.90 Å². The van der Waals surface area contributed by atoms with Gasteiger partial charge in [-0.1, -0.05) is 11.8 Å². The SMILES string of the molecule is COc1c(O)c2c(c3cc(C(=O)SC)[nH]c13)CCN2C. The lowest BCUT2D eigenvalue weighted by molar-refractivity contribution is 0.108. The number of likely N-dealkylation sites (N-methyl/N-ethyl adjacent to an activating group) is 1. The van der Waals surface area contributed by atoms with Crippen LogP contribution in [0.4, 0.5) is 5.69 Å². The number of fused-ring (bicyclic) bond motifs is 3. The van der Waals surface area contributed by atoms with Gasteiger partial charge in [0, 0.05) is 19.0 Å². The predicted molar refractivity (Wildman–Crippen MR) is 81.3 cm³/mol. The number of carbonyl (C=O) groups excluding carboxylic acids is 1. The van der Waals surface area contributed by atoms with Crippen LogP contribution < -0.4 is 9.64 Å². The second-order valence-electron chi connectivity index (χ2n) is 4.84. The van der Waals surface area contributed by atoms with Crippen LogP contribution in [0.3, 0.4) is 0 Å². The number of anilines is 1. The monoisotopic (exact) mass is 292 g/mol. The van der Waals surface area contributed by atoms with Crippen LogP contribution in [0.25, 0.3) is 10.9 Å². The molecule has 20 heavy (non-hydrogen) atoms. The number of aromatic nitrogens is 1. The number of benzene rings is 1. The number of phenolic OH excluding ortho intramolecular Hbond substituents is 1. The van der Waals surface area contributed by atoms with Crippen molar-refractivity contribution in [3.05, 3.63) is 17.3 Å². The first-order chi connectivity index (χ1) is 9.58. The third kappa shape index (κ3) is 1.67. The number of ether oxygens (including phenoxy) is 1.